The smallest absolute Gasteiger partial charge is 0.337 e. The summed E-state index contributed by atoms with van der Waals surface area (Å²) in [4.78, 5) is 13.8. The largest absolute Gasteiger partial charge is 0.416 e. The molecule has 6 nitrogen and oxygen atoms in total. The molecule has 0 aromatic heterocycles. The zero-order valence-corrected chi connectivity index (χ0v) is 15.3. The molecule has 26 heavy (non-hydrogen) atoms. The van der Waals surface area contributed by atoms with Gasteiger partial charge in [0, 0.05) is 13.1 Å². The van der Waals surface area contributed by atoms with Crippen molar-refractivity contribution in [2.45, 2.75) is 23.9 Å². The van der Waals surface area contributed by atoms with E-state index < -0.39 is 38.9 Å². The molecule has 10 heteroatoms. The quantitative estimate of drug-likeness (QED) is 0.773. The molecule has 1 aromatic rings. The number of nitrogens with zero attached hydrogens (tertiary/aromatic N) is 1. The van der Waals surface area contributed by atoms with E-state index in [1.165, 1.54) is 12.1 Å². The van der Waals surface area contributed by atoms with Crippen LogP contribution in [0.4, 0.5) is 18.0 Å². The molecule has 2 rings (SSSR count). The van der Waals surface area contributed by atoms with Gasteiger partial charge in [0.2, 0.25) is 0 Å². The third-order valence-electron chi connectivity index (χ3n) is 4.19. The third-order valence-corrected chi connectivity index (χ3v) is 6.41. The van der Waals surface area contributed by atoms with E-state index in [1.807, 2.05) is 0 Å². The Kier molecular flexibility index (Phi) is 6.17. The van der Waals surface area contributed by atoms with Crippen molar-refractivity contribution < 1.29 is 26.4 Å². The maximum atomic E-state index is 12.9. The first-order valence-corrected chi connectivity index (χ1v) is 9.78. The highest BCUT2D eigenvalue weighted by Gasteiger charge is 2.35. The zero-order valence-electron chi connectivity index (χ0n) is 14.5. The average Bonchev–Trinajstić information content (AvgIpc) is 2.52. The van der Waals surface area contributed by atoms with Crippen molar-refractivity contribution in [3.05, 3.63) is 35.4 Å². The number of urea groups is 1. The maximum absolute atomic E-state index is 12.9. The lowest BCUT2D eigenvalue weighted by molar-refractivity contribution is -0.137. The molecular weight excluding hydrogens is 371 g/mol. The second-order valence-electron chi connectivity index (χ2n) is 6.57. The summed E-state index contributed by atoms with van der Waals surface area (Å²) >= 11 is 0. The van der Waals surface area contributed by atoms with Gasteiger partial charge in [-0.05, 0) is 38.2 Å². The summed E-state index contributed by atoms with van der Waals surface area (Å²) in [7, 11) is 0.359. The molecular formula is C16H22F3N3O3S. The highest BCUT2D eigenvalue weighted by molar-refractivity contribution is 7.93. The van der Waals surface area contributed by atoms with Crippen molar-refractivity contribution >= 4 is 15.9 Å². The average molecular weight is 393 g/mol. The molecule has 146 valence electrons. The van der Waals surface area contributed by atoms with Gasteiger partial charge in [0.1, 0.15) is 0 Å². The molecule has 0 aliphatic carbocycles. The fourth-order valence-corrected chi connectivity index (χ4v) is 3.94. The predicted octanol–water partition coefficient (Wildman–Crippen LogP) is 1.79. The molecule has 1 saturated heterocycles. The number of benzene rings is 1. The summed E-state index contributed by atoms with van der Waals surface area (Å²) in [5.74, 6) is 0.119. The third kappa shape index (κ3) is 5.34. The van der Waals surface area contributed by atoms with E-state index in [9.17, 15) is 26.4 Å². The van der Waals surface area contributed by atoms with Crippen LogP contribution in [0, 0.1) is 0 Å². The molecule has 2 N–H and O–H groups in total. The number of nitrogens with one attached hydrogen (secondary N) is 2. The van der Waals surface area contributed by atoms with Gasteiger partial charge in [-0.15, -0.1) is 0 Å². The lowest BCUT2D eigenvalue weighted by atomic mass is 10.0. The van der Waals surface area contributed by atoms with Crippen LogP contribution in [0.15, 0.2) is 24.3 Å². The summed E-state index contributed by atoms with van der Waals surface area (Å²) in [6.45, 7) is 0.280. The van der Waals surface area contributed by atoms with Crippen LogP contribution >= 0.6 is 0 Å². The van der Waals surface area contributed by atoms with E-state index in [1.54, 1.807) is 19.0 Å². The normalized spacial score (nSPS) is 20.3. The van der Waals surface area contributed by atoms with Gasteiger partial charge in [0.15, 0.2) is 9.84 Å². The molecule has 0 bridgehead atoms. The first-order chi connectivity index (χ1) is 12.0. The molecule has 1 aromatic carbocycles. The monoisotopic (exact) mass is 393 g/mol. The predicted molar refractivity (Wildman–Crippen MR) is 91.5 cm³/mol. The maximum Gasteiger partial charge on any atom is 0.416 e. The number of rotatable bonds is 6. The number of carbonyl (C=O) groups is 1. The van der Waals surface area contributed by atoms with E-state index in [-0.39, 0.29) is 18.8 Å². The Morgan fingerprint density at radius 2 is 2.04 bits per heavy atom. The minimum absolute atomic E-state index is 0.00849. The van der Waals surface area contributed by atoms with Crippen LogP contribution in [0.25, 0.3) is 0 Å². The van der Waals surface area contributed by atoms with Crippen LogP contribution in [-0.2, 0) is 16.0 Å². The lowest BCUT2D eigenvalue weighted by Gasteiger charge is -2.27. The standard InChI is InChI=1S/C16H22F3N3O3S/c1-22(2)10-14(11-4-3-5-12(8-11)16(17,18)19)21-15(23)20-9-13-6-7-26(13,24)25/h3-5,8,13-14H,6-7,9-10H2,1-2H3,(H2,20,21,23). The Balaban J connectivity index is 2.06. The van der Waals surface area contributed by atoms with Crippen LogP contribution < -0.4 is 10.6 Å². The molecule has 0 radical (unpaired) electrons. The molecule has 1 aliphatic heterocycles. The number of amides is 2. The molecule has 2 amide bonds. The zero-order chi connectivity index (χ0) is 19.5. The first-order valence-electron chi connectivity index (χ1n) is 8.07. The first kappa shape index (κ1) is 20.5. The van der Waals surface area contributed by atoms with Gasteiger partial charge < -0.3 is 15.5 Å². The van der Waals surface area contributed by atoms with E-state index in [0.717, 1.165) is 12.1 Å². The van der Waals surface area contributed by atoms with Gasteiger partial charge >= 0.3 is 12.2 Å². The summed E-state index contributed by atoms with van der Waals surface area (Å²) < 4.78 is 61.7. The molecule has 1 fully saturated rings. The van der Waals surface area contributed by atoms with Crippen LogP contribution in [0.1, 0.15) is 23.6 Å². The van der Waals surface area contributed by atoms with E-state index in [2.05, 4.69) is 10.6 Å². The number of hydrogen-bond donors (Lipinski definition) is 2. The van der Waals surface area contributed by atoms with Crippen molar-refractivity contribution in [2.24, 2.45) is 0 Å². The molecule has 1 heterocycles. The second kappa shape index (κ2) is 7.83. The van der Waals surface area contributed by atoms with Crippen molar-refractivity contribution in [3.63, 3.8) is 0 Å². The van der Waals surface area contributed by atoms with Crippen LogP contribution in [0.5, 0.6) is 0 Å². The van der Waals surface area contributed by atoms with Gasteiger partial charge in [-0.2, -0.15) is 13.2 Å². The van der Waals surface area contributed by atoms with Gasteiger partial charge in [-0.3, -0.25) is 0 Å². The van der Waals surface area contributed by atoms with Crippen LogP contribution in [0.2, 0.25) is 0 Å². The molecule has 1 aliphatic rings. The van der Waals surface area contributed by atoms with Crippen molar-refractivity contribution in [2.75, 3.05) is 32.9 Å². The topological polar surface area (TPSA) is 78.5 Å². The highest BCUT2D eigenvalue weighted by atomic mass is 32.2. The minimum atomic E-state index is -4.47. The summed E-state index contributed by atoms with van der Waals surface area (Å²) in [5, 5.41) is 4.52. The second-order valence-corrected chi connectivity index (χ2v) is 8.97. The number of hydrogen-bond acceptors (Lipinski definition) is 4. The fourth-order valence-electron chi connectivity index (χ4n) is 2.65. The van der Waals surface area contributed by atoms with Gasteiger partial charge in [-0.25, -0.2) is 13.2 Å². The molecule has 2 atom stereocenters. The fraction of sp³-hybridized carbons (Fsp3) is 0.562. The summed E-state index contributed by atoms with van der Waals surface area (Å²) in [5.41, 5.74) is -0.471. The Morgan fingerprint density at radius 1 is 1.35 bits per heavy atom. The van der Waals surface area contributed by atoms with Crippen molar-refractivity contribution in [3.8, 4) is 0 Å². The van der Waals surface area contributed by atoms with Crippen LogP contribution in [0.3, 0.4) is 0 Å². The van der Waals surface area contributed by atoms with E-state index in [0.29, 0.717) is 12.0 Å². The number of halogens is 3. The number of carbonyl (C=O) groups excluding carboxylic acids is 1. The molecule has 0 saturated carbocycles. The highest BCUT2D eigenvalue weighted by Crippen LogP contribution is 2.30. The molecule has 0 spiro atoms. The van der Waals surface area contributed by atoms with Crippen molar-refractivity contribution in [1.29, 1.82) is 0 Å². The number of likely N-dealkylation sites (N-methyl/N-ethyl adjacent to an activating group) is 1. The SMILES string of the molecule is CN(C)CC(NC(=O)NCC1CCS1(=O)=O)c1cccc(C(F)(F)F)c1. The Morgan fingerprint density at radius 3 is 2.54 bits per heavy atom. The Labute approximate surface area is 150 Å². The van der Waals surface area contributed by atoms with E-state index >= 15 is 0 Å². The summed E-state index contributed by atoms with van der Waals surface area (Å²) in [6, 6.07) is 3.49. The summed E-state index contributed by atoms with van der Waals surface area (Å²) in [6.07, 6.45) is -3.98. The number of sulfone groups is 1. The van der Waals surface area contributed by atoms with Gasteiger partial charge in [0.25, 0.3) is 0 Å². The van der Waals surface area contributed by atoms with E-state index in [4.69, 9.17) is 0 Å². The lowest BCUT2D eigenvalue weighted by Crippen LogP contribution is -2.49. The number of alkyl halides is 3. The Bertz CT molecular complexity index is 751. The van der Waals surface area contributed by atoms with Gasteiger partial charge in [0.05, 0.1) is 22.6 Å². The minimum Gasteiger partial charge on any atom is -0.337 e. The van der Waals surface area contributed by atoms with Gasteiger partial charge in [-0.1, -0.05) is 12.1 Å². The Hall–Kier alpha value is -1.81. The van der Waals surface area contributed by atoms with Crippen molar-refractivity contribution in [1.82, 2.24) is 15.5 Å². The molecule has 2 unspecified atom stereocenters. The van der Waals surface area contributed by atoms with Crippen LogP contribution in [-0.4, -0.2) is 57.5 Å².